The molecule has 0 N–H and O–H groups in total. The van der Waals surface area contributed by atoms with E-state index in [1.807, 2.05) is 41.3 Å². The summed E-state index contributed by atoms with van der Waals surface area (Å²) in [5.74, 6) is -2.50. The Morgan fingerprint density at radius 3 is 2.33 bits per heavy atom. The Kier molecular flexibility index (Phi) is 3.86. The van der Waals surface area contributed by atoms with Crippen LogP contribution in [0.2, 0.25) is 0 Å². The maximum absolute atomic E-state index is 13.4. The number of amides is 2. The van der Waals surface area contributed by atoms with Crippen molar-refractivity contribution < 1.29 is 19.3 Å². The predicted molar refractivity (Wildman–Crippen MR) is 109 cm³/mol. The Labute approximate surface area is 171 Å². The van der Waals surface area contributed by atoms with Crippen molar-refractivity contribution in [2.45, 2.75) is 19.0 Å². The van der Waals surface area contributed by atoms with Gasteiger partial charge >= 0.3 is 0 Å². The average molecular weight is 403 g/mol. The molecule has 2 aromatic rings. The van der Waals surface area contributed by atoms with Crippen LogP contribution in [-0.4, -0.2) is 34.6 Å². The van der Waals surface area contributed by atoms with Gasteiger partial charge in [0.2, 0.25) is 11.8 Å². The molecule has 2 amide bonds. The lowest BCUT2D eigenvalue weighted by Crippen LogP contribution is -2.48. The van der Waals surface area contributed by atoms with Gasteiger partial charge in [0.25, 0.3) is 5.69 Å². The number of anilines is 2. The van der Waals surface area contributed by atoms with Crippen LogP contribution in [0.15, 0.2) is 54.6 Å². The molecule has 0 aromatic heterocycles. The number of non-ortho nitro benzene ring substituents is 1. The van der Waals surface area contributed by atoms with Gasteiger partial charge in [0, 0.05) is 17.8 Å². The van der Waals surface area contributed by atoms with E-state index in [0.717, 1.165) is 16.2 Å². The zero-order valence-electron chi connectivity index (χ0n) is 16.0. The van der Waals surface area contributed by atoms with Gasteiger partial charge in [-0.2, -0.15) is 0 Å². The number of hydrogen-bond acceptors (Lipinski definition) is 6. The zero-order valence-corrected chi connectivity index (χ0v) is 16.0. The molecule has 0 unspecified atom stereocenters. The van der Waals surface area contributed by atoms with Crippen LogP contribution in [0.1, 0.15) is 12.5 Å². The second kappa shape index (κ2) is 6.35. The molecule has 2 saturated heterocycles. The minimum atomic E-state index is -0.800. The average Bonchev–Trinajstić information content (AvgIpc) is 3.21. The largest absolute Gasteiger partial charge is 0.353 e. The molecule has 0 saturated carbocycles. The molecule has 8 heteroatoms. The third-order valence-corrected chi connectivity index (χ3v) is 6.15. The first kappa shape index (κ1) is 18.2. The predicted octanol–water partition coefficient (Wildman–Crippen LogP) is 2.57. The number of ketones is 1. The van der Waals surface area contributed by atoms with Crippen molar-refractivity contribution in [2.75, 3.05) is 9.80 Å². The van der Waals surface area contributed by atoms with E-state index in [-0.39, 0.29) is 23.1 Å². The van der Waals surface area contributed by atoms with Gasteiger partial charge in [0.1, 0.15) is 6.04 Å². The Hall–Kier alpha value is -3.81. The van der Waals surface area contributed by atoms with E-state index in [4.69, 9.17) is 0 Å². The number of hydrogen-bond donors (Lipinski definition) is 0. The first-order valence-electron chi connectivity index (χ1n) is 9.58. The number of carbonyl (C=O) groups is 3. The van der Waals surface area contributed by atoms with Gasteiger partial charge < -0.3 is 4.90 Å². The molecule has 2 fully saturated rings. The van der Waals surface area contributed by atoms with Crippen molar-refractivity contribution in [1.29, 1.82) is 0 Å². The summed E-state index contributed by atoms with van der Waals surface area (Å²) < 4.78 is 0. The maximum atomic E-state index is 13.4. The van der Waals surface area contributed by atoms with Crippen LogP contribution in [0.5, 0.6) is 0 Å². The highest BCUT2D eigenvalue weighted by atomic mass is 16.6. The molecule has 150 valence electrons. The molecule has 4 atom stereocenters. The third kappa shape index (κ3) is 2.36. The lowest BCUT2D eigenvalue weighted by Gasteiger charge is -2.36. The van der Waals surface area contributed by atoms with Crippen molar-refractivity contribution in [1.82, 2.24) is 0 Å². The first-order chi connectivity index (χ1) is 14.4. The highest BCUT2D eigenvalue weighted by Gasteiger charge is 2.63. The molecule has 2 aromatic carbocycles. The van der Waals surface area contributed by atoms with E-state index in [0.29, 0.717) is 0 Å². The zero-order chi connectivity index (χ0) is 21.2. The molecule has 3 aliphatic heterocycles. The number of fused-ring (bicyclic) bond motifs is 5. The number of nitro groups is 1. The lowest BCUT2D eigenvalue weighted by molar-refractivity contribution is -0.384. The summed E-state index contributed by atoms with van der Waals surface area (Å²) in [5, 5.41) is 10.9. The maximum Gasteiger partial charge on any atom is 0.269 e. The molecule has 5 rings (SSSR count). The van der Waals surface area contributed by atoms with Crippen molar-refractivity contribution in [2.24, 2.45) is 11.8 Å². The molecule has 0 radical (unpaired) electrons. The molecule has 3 aliphatic rings. The molecule has 0 aliphatic carbocycles. The van der Waals surface area contributed by atoms with E-state index in [9.17, 15) is 24.5 Å². The summed E-state index contributed by atoms with van der Waals surface area (Å²) in [6.07, 6.45) is 3.80. The second-order valence-corrected chi connectivity index (χ2v) is 7.71. The second-order valence-electron chi connectivity index (χ2n) is 7.71. The lowest BCUT2D eigenvalue weighted by atomic mass is 9.88. The van der Waals surface area contributed by atoms with E-state index in [1.165, 1.54) is 31.2 Å². The summed E-state index contributed by atoms with van der Waals surface area (Å²) in [5.41, 5.74) is 1.92. The van der Waals surface area contributed by atoms with Crippen molar-refractivity contribution >= 4 is 40.7 Å². The van der Waals surface area contributed by atoms with Crippen LogP contribution in [0.4, 0.5) is 17.1 Å². The van der Waals surface area contributed by atoms with Crippen LogP contribution in [0, 0.1) is 22.0 Å². The minimum absolute atomic E-state index is 0.127. The van der Waals surface area contributed by atoms with E-state index >= 15 is 0 Å². The minimum Gasteiger partial charge on any atom is -0.353 e. The third-order valence-electron chi connectivity index (χ3n) is 6.15. The quantitative estimate of drug-likeness (QED) is 0.444. The molecule has 30 heavy (non-hydrogen) atoms. The number of nitrogens with zero attached hydrogens (tertiary/aromatic N) is 3. The van der Waals surface area contributed by atoms with Gasteiger partial charge in [-0.15, -0.1) is 0 Å². The SMILES string of the molecule is CC(=O)[C@@H]1[C@@H]2C(=O)N(c3ccc([N+](=O)[O-])cc3)C(=O)[C@@H]2[C@@H]2C=Cc3ccccc3N12. The smallest absolute Gasteiger partial charge is 0.269 e. The van der Waals surface area contributed by atoms with Crippen LogP contribution in [0.25, 0.3) is 6.08 Å². The summed E-state index contributed by atoms with van der Waals surface area (Å²) in [6.45, 7) is 1.44. The number of nitro benzene ring substituents is 1. The number of carbonyl (C=O) groups excluding carboxylic acids is 3. The number of rotatable bonds is 3. The first-order valence-corrected chi connectivity index (χ1v) is 9.58. The number of imide groups is 1. The fraction of sp³-hybridized carbons (Fsp3) is 0.227. The Morgan fingerprint density at radius 2 is 1.67 bits per heavy atom. The Bertz CT molecular complexity index is 1140. The highest BCUT2D eigenvalue weighted by Crippen LogP contribution is 2.49. The van der Waals surface area contributed by atoms with Crippen LogP contribution >= 0.6 is 0 Å². The number of para-hydroxylation sites is 1. The van der Waals surface area contributed by atoms with Gasteiger partial charge in [-0.1, -0.05) is 30.4 Å². The topological polar surface area (TPSA) is 101 Å². The van der Waals surface area contributed by atoms with Gasteiger partial charge in [0.15, 0.2) is 5.78 Å². The summed E-state index contributed by atoms with van der Waals surface area (Å²) >= 11 is 0. The fourth-order valence-electron chi connectivity index (χ4n) is 4.95. The van der Waals surface area contributed by atoms with Crippen molar-refractivity contribution in [3.05, 3.63) is 70.3 Å². The molecule has 8 nitrogen and oxygen atoms in total. The van der Waals surface area contributed by atoms with Crippen LogP contribution in [0.3, 0.4) is 0 Å². The molecule has 3 heterocycles. The summed E-state index contributed by atoms with van der Waals surface area (Å²) in [7, 11) is 0. The van der Waals surface area contributed by atoms with Gasteiger partial charge in [-0.25, -0.2) is 4.90 Å². The van der Waals surface area contributed by atoms with E-state index < -0.39 is 34.7 Å². The Balaban J connectivity index is 1.58. The van der Waals surface area contributed by atoms with E-state index in [2.05, 4.69) is 0 Å². The molecule has 0 bridgehead atoms. The monoisotopic (exact) mass is 403 g/mol. The van der Waals surface area contributed by atoms with E-state index in [1.54, 1.807) is 0 Å². The van der Waals surface area contributed by atoms with Crippen LogP contribution < -0.4 is 9.80 Å². The van der Waals surface area contributed by atoms with Crippen molar-refractivity contribution in [3.8, 4) is 0 Å². The van der Waals surface area contributed by atoms with Gasteiger partial charge in [-0.3, -0.25) is 24.5 Å². The molecular weight excluding hydrogens is 386 g/mol. The van der Waals surface area contributed by atoms with Gasteiger partial charge in [0.05, 0.1) is 28.5 Å². The Morgan fingerprint density at radius 1 is 1.00 bits per heavy atom. The highest BCUT2D eigenvalue weighted by molar-refractivity contribution is 6.24. The van der Waals surface area contributed by atoms with Crippen molar-refractivity contribution in [3.63, 3.8) is 0 Å². The summed E-state index contributed by atoms with van der Waals surface area (Å²) in [6, 6.07) is 11.7. The molecular formula is C22H17N3O5. The fourth-order valence-corrected chi connectivity index (χ4v) is 4.95. The van der Waals surface area contributed by atoms with Gasteiger partial charge in [-0.05, 0) is 30.7 Å². The van der Waals surface area contributed by atoms with Crippen LogP contribution in [-0.2, 0) is 14.4 Å². The molecule has 0 spiro atoms. The number of Topliss-reactive ketones (excluding diaryl/α,β-unsaturated/α-hetero) is 1. The standard InChI is InChI=1S/C22H17N3O5/c1-12(26)20-19-18(17-11-6-13-4-2-3-5-16(13)24(17)20)21(27)23(22(19)28)14-7-9-15(10-8-14)25(29)30/h2-11,17-20H,1H3/t17-,18+,19+,20+/m0/s1. The normalized spacial score (nSPS) is 26.4. The number of benzene rings is 2. The summed E-state index contributed by atoms with van der Waals surface area (Å²) in [4.78, 5) is 52.7.